The molecule has 0 bridgehead atoms. The minimum absolute atomic E-state index is 0.138. The van der Waals surface area contributed by atoms with Gasteiger partial charge < -0.3 is 15.3 Å². The van der Waals surface area contributed by atoms with Gasteiger partial charge in [-0.15, -0.1) is 0 Å². The van der Waals surface area contributed by atoms with Crippen molar-refractivity contribution in [3.05, 3.63) is 0 Å². The molecule has 2 N–H and O–H groups in total. The lowest BCUT2D eigenvalue weighted by atomic mass is 10.1. The molecule has 1 heterocycles. The number of rotatable bonds is 2. The van der Waals surface area contributed by atoms with Gasteiger partial charge in [-0.3, -0.25) is 9.59 Å². The molecule has 5 heteroatoms. The van der Waals surface area contributed by atoms with E-state index in [1.807, 2.05) is 6.92 Å². The number of hydrogen-bond acceptors (Lipinski definition) is 3. The van der Waals surface area contributed by atoms with Crippen molar-refractivity contribution in [3.63, 3.8) is 0 Å². The molecular formula is C8H14N2O3. The number of likely N-dealkylation sites (N-methyl/N-ethyl adjacent to an activating group) is 1. The van der Waals surface area contributed by atoms with E-state index < -0.39 is 12.0 Å². The van der Waals surface area contributed by atoms with E-state index in [1.54, 1.807) is 11.9 Å². The van der Waals surface area contributed by atoms with Gasteiger partial charge in [-0.2, -0.15) is 0 Å². The monoisotopic (exact) mass is 186 g/mol. The van der Waals surface area contributed by atoms with Crippen LogP contribution in [0.2, 0.25) is 0 Å². The highest BCUT2D eigenvalue weighted by Gasteiger charge is 2.30. The van der Waals surface area contributed by atoms with E-state index in [0.717, 1.165) is 0 Å². The van der Waals surface area contributed by atoms with Crippen LogP contribution < -0.4 is 5.32 Å². The molecule has 1 saturated heterocycles. The second-order valence-corrected chi connectivity index (χ2v) is 3.44. The van der Waals surface area contributed by atoms with Crippen LogP contribution in [0.5, 0.6) is 0 Å². The molecule has 1 amide bonds. The third-order valence-electron chi connectivity index (χ3n) is 2.09. The standard InChI is InChI=1S/C8H14N2O3/c1-5-4-10(2)8(13)6(9-5)3-7(11)12/h5-6,9H,3-4H2,1-2H3,(H,11,12). The van der Waals surface area contributed by atoms with Gasteiger partial charge in [-0.05, 0) is 6.92 Å². The first-order valence-corrected chi connectivity index (χ1v) is 4.23. The largest absolute Gasteiger partial charge is 0.481 e. The van der Waals surface area contributed by atoms with Crippen molar-refractivity contribution >= 4 is 11.9 Å². The van der Waals surface area contributed by atoms with Crippen LogP contribution in [0, 0.1) is 0 Å². The Labute approximate surface area is 76.7 Å². The Morgan fingerprint density at radius 1 is 1.77 bits per heavy atom. The number of hydrogen-bond donors (Lipinski definition) is 2. The van der Waals surface area contributed by atoms with Crippen LogP contribution in [0.3, 0.4) is 0 Å². The molecule has 0 aromatic carbocycles. The zero-order valence-electron chi connectivity index (χ0n) is 7.78. The molecule has 74 valence electrons. The van der Waals surface area contributed by atoms with Gasteiger partial charge in [0.2, 0.25) is 5.91 Å². The molecule has 2 atom stereocenters. The molecule has 1 aliphatic rings. The highest BCUT2D eigenvalue weighted by molar-refractivity contribution is 5.86. The molecule has 0 saturated carbocycles. The van der Waals surface area contributed by atoms with Crippen LogP contribution in [0.1, 0.15) is 13.3 Å². The number of aliphatic carboxylic acids is 1. The van der Waals surface area contributed by atoms with Crippen molar-refractivity contribution in [1.29, 1.82) is 0 Å². The number of carbonyl (C=O) groups excluding carboxylic acids is 1. The minimum Gasteiger partial charge on any atom is -0.481 e. The molecule has 5 nitrogen and oxygen atoms in total. The molecule has 1 aliphatic heterocycles. The summed E-state index contributed by atoms with van der Waals surface area (Å²) in [6.45, 7) is 2.56. The Hall–Kier alpha value is -1.10. The fraction of sp³-hybridized carbons (Fsp3) is 0.750. The lowest BCUT2D eigenvalue weighted by Crippen LogP contribution is -2.58. The third-order valence-corrected chi connectivity index (χ3v) is 2.09. The van der Waals surface area contributed by atoms with Gasteiger partial charge in [0.25, 0.3) is 0 Å². The number of amides is 1. The van der Waals surface area contributed by atoms with Crippen molar-refractivity contribution in [2.75, 3.05) is 13.6 Å². The molecule has 2 unspecified atom stereocenters. The second kappa shape index (κ2) is 3.74. The Kier molecular flexibility index (Phi) is 2.87. The summed E-state index contributed by atoms with van der Waals surface area (Å²) in [4.78, 5) is 23.4. The summed E-state index contributed by atoms with van der Waals surface area (Å²) in [7, 11) is 1.69. The zero-order chi connectivity index (χ0) is 10.0. The van der Waals surface area contributed by atoms with Gasteiger partial charge in [0.05, 0.1) is 12.5 Å². The highest BCUT2D eigenvalue weighted by atomic mass is 16.4. The van der Waals surface area contributed by atoms with E-state index >= 15 is 0 Å². The summed E-state index contributed by atoms with van der Waals surface area (Å²) in [5.41, 5.74) is 0. The maximum atomic E-state index is 11.4. The van der Waals surface area contributed by atoms with Crippen LogP contribution in [0.4, 0.5) is 0 Å². The normalized spacial score (nSPS) is 29.1. The summed E-state index contributed by atoms with van der Waals surface area (Å²) in [6.07, 6.45) is -0.145. The quantitative estimate of drug-likeness (QED) is 0.597. The molecular weight excluding hydrogens is 172 g/mol. The number of carbonyl (C=O) groups is 2. The van der Waals surface area contributed by atoms with Crippen LogP contribution in [0.15, 0.2) is 0 Å². The van der Waals surface area contributed by atoms with Crippen molar-refractivity contribution in [1.82, 2.24) is 10.2 Å². The van der Waals surface area contributed by atoms with Crippen LogP contribution in [0.25, 0.3) is 0 Å². The fourth-order valence-corrected chi connectivity index (χ4v) is 1.56. The van der Waals surface area contributed by atoms with Gasteiger partial charge in [0.15, 0.2) is 0 Å². The molecule has 0 aromatic heterocycles. The van der Waals surface area contributed by atoms with Crippen molar-refractivity contribution in [3.8, 4) is 0 Å². The minimum atomic E-state index is -0.951. The maximum Gasteiger partial charge on any atom is 0.305 e. The molecule has 0 aromatic rings. The fourth-order valence-electron chi connectivity index (χ4n) is 1.56. The van der Waals surface area contributed by atoms with Gasteiger partial charge in [0.1, 0.15) is 0 Å². The summed E-state index contributed by atoms with van der Waals surface area (Å²) >= 11 is 0. The van der Waals surface area contributed by atoms with Crippen molar-refractivity contribution in [2.45, 2.75) is 25.4 Å². The van der Waals surface area contributed by atoms with E-state index in [2.05, 4.69) is 5.32 Å². The van der Waals surface area contributed by atoms with Crippen LogP contribution in [-0.2, 0) is 9.59 Å². The molecule has 1 fully saturated rings. The Bertz CT molecular complexity index is 229. The Morgan fingerprint density at radius 2 is 2.38 bits per heavy atom. The lowest BCUT2D eigenvalue weighted by Gasteiger charge is -2.34. The van der Waals surface area contributed by atoms with Crippen molar-refractivity contribution < 1.29 is 14.7 Å². The molecule has 1 rings (SSSR count). The summed E-state index contributed by atoms with van der Waals surface area (Å²) in [5, 5.41) is 11.5. The first-order valence-electron chi connectivity index (χ1n) is 4.23. The zero-order valence-corrected chi connectivity index (χ0v) is 7.78. The first kappa shape index (κ1) is 9.98. The Morgan fingerprint density at radius 3 is 2.92 bits per heavy atom. The molecule has 0 spiro atoms. The average molecular weight is 186 g/mol. The van der Waals surface area contributed by atoms with E-state index in [4.69, 9.17) is 5.11 Å². The smallest absolute Gasteiger partial charge is 0.305 e. The molecule has 13 heavy (non-hydrogen) atoms. The third kappa shape index (κ3) is 2.42. The number of nitrogens with one attached hydrogen (secondary N) is 1. The SMILES string of the molecule is CC1CN(C)C(=O)C(CC(=O)O)N1. The summed E-state index contributed by atoms with van der Waals surface area (Å²) in [5.74, 6) is -1.09. The lowest BCUT2D eigenvalue weighted by molar-refractivity contribution is -0.144. The number of carboxylic acid groups (broad SMARTS) is 1. The van der Waals surface area contributed by atoms with E-state index in [1.165, 1.54) is 0 Å². The van der Waals surface area contributed by atoms with E-state index in [0.29, 0.717) is 6.54 Å². The topological polar surface area (TPSA) is 69.6 Å². The summed E-state index contributed by atoms with van der Waals surface area (Å²) in [6, 6.07) is -0.404. The average Bonchev–Trinajstić information content (AvgIpc) is 1.98. The highest BCUT2D eigenvalue weighted by Crippen LogP contribution is 2.06. The first-order chi connectivity index (χ1) is 6.00. The predicted molar refractivity (Wildman–Crippen MR) is 46.3 cm³/mol. The number of piperazine rings is 1. The van der Waals surface area contributed by atoms with Gasteiger partial charge in [0, 0.05) is 19.6 Å². The number of nitrogens with zero attached hydrogens (tertiary/aromatic N) is 1. The van der Waals surface area contributed by atoms with Gasteiger partial charge in [-0.25, -0.2) is 0 Å². The van der Waals surface area contributed by atoms with Crippen LogP contribution in [-0.4, -0.2) is 47.6 Å². The Balaban J connectivity index is 2.61. The van der Waals surface area contributed by atoms with Gasteiger partial charge in [-0.1, -0.05) is 0 Å². The van der Waals surface area contributed by atoms with E-state index in [9.17, 15) is 9.59 Å². The van der Waals surface area contributed by atoms with E-state index in [-0.39, 0.29) is 18.4 Å². The van der Waals surface area contributed by atoms with Crippen molar-refractivity contribution in [2.24, 2.45) is 0 Å². The number of carboxylic acids is 1. The van der Waals surface area contributed by atoms with Gasteiger partial charge >= 0.3 is 5.97 Å². The predicted octanol–water partition coefficient (Wildman–Crippen LogP) is -0.720. The maximum absolute atomic E-state index is 11.4. The van der Waals surface area contributed by atoms with Crippen LogP contribution >= 0.6 is 0 Å². The second-order valence-electron chi connectivity index (χ2n) is 3.44. The summed E-state index contributed by atoms with van der Waals surface area (Å²) < 4.78 is 0. The molecule has 0 radical (unpaired) electrons. The molecule has 0 aliphatic carbocycles.